The number of nitrogens with zero attached hydrogens (tertiary/aromatic N) is 2. The van der Waals surface area contributed by atoms with E-state index in [0.717, 1.165) is 35.2 Å². The van der Waals surface area contributed by atoms with Crippen LogP contribution in [0.1, 0.15) is 37.6 Å². The minimum absolute atomic E-state index is 0.360. The minimum atomic E-state index is -0.898. The molecule has 0 bridgehead atoms. The molecule has 1 aromatic heterocycles. The number of carbonyl (C=O) groups excluding carboxylic acids is 1. The lowest BCUT2D eigenvalue weighted by Crippen LogP contribution is -2.45. The number of hydrogen-bond acceptors (Lipinski definition) is 4. The van der Waals surface area contributed by atoms with E-state index in [1.165, 1.54) is 7.11 Å². The second-order valence-corrected chi connectivity index (χ2v) is 5.87. The van der Waals surface area contributed by atoms with Crippen molar-refractivity contribution in [3.05, 3.63) is 15.9 Å². The van der Waals surface area contributed by atoms with E-state index in [0.29, 0.717) is 6.42 Å². The number of nitrogens with two attached hydrogens (primary N) is 1. The highest BCUT2D eigenvalue weighted by Gasteiger charge is 2.28. The van der Waals surface area contributed by atoms with Crippen LogP contribution in [-0.4, -0.2) is 28.4 Å². The van der Waals surface area contributed by atoms with Gasteiger partial charge in [0.25, 0.3) is 0 Å². The molecule has 0 aliphatic rings. The third-order valence-corrected chi connectivity index (χ3v) is 4.41. The highest BCUT2D eigenvalue weighted by molar-refractivity contribution is 9.10. The summed E-state index contributed by atoms with van der Waals surface area (Å²) in [4.78, 5) is 11.4. The fourth-order valence-corrected chi connectivity index (χ4v) is 2.27. The SMILES string of the molecule is COC(=O)C(C)(N)CCCCn1nc(C)c(Br)c1C. The van der Waals surface area contributed by atoms with Gasteiger partial charge in [-0.3, -0.25) is 9.48 Å². The van der Waals surface area contributed by atoms with E-state index in [1.807, 2.05) is 18.5 Å². The quantitative estimate of drug-likeness (QED) is 0.641. The number of rotatable bonds is 6. The van der Waals surface area contributed by atoms with Crippen LogP contribution in [0.5, 0.6) is 0 Å². The highest BCUT2D eigenvalue weighted by Crippen LogP contribution is 2.20. The molecule has 1 rings (SSSR count). The maximum Gasteiger partial charge on any atom is 0.325 e. The first kappa shape index (κ1) is 16.2. The van der Waals surface area contributed by atoms with Crippen molar-refractivity contribution in [1.29, 1.82) is 0 Å². The van der Waals surface area contributed by atoms with Gasteiger partial charge in [-0.05, 0) is 56.0 Å². The summed E-state index contributed by atoms with van der Waals surface area (Å²) in [6.07, 6.45) is 2.40. The monoisotopic (exact) mass is 331 g/mol. The van der Waals surface area contributed by atoms with Crippen molar-refractivity contribution in [1.82, 2.24) is 9.78 Å². The van der Waals surface area contributed by atoms with Crippen LogP contribution in [0.3, 0.4) is 0 Å². The Balaban J connectivity index is 2.43. The number of unbranched alkanes of at least 4 members (excludes halogenated alkanes) is 1. The molecule has 1 unspecified atom stereocenters. The predicted molar refractivity (Wildman–Crippen MR) is 77.9 cm³/mol. The fraction of sp³-hybridized carbons (Fsp3) is 0.692. The summed E-state index contributed by atoms with van der Waals surface area (Å²) < 4.78 is 7.72. The fourth-order valence-electron chi connectivity index (χ4n) is 1.98. The van der Waals surface area contributed by atoms with E-state index >= 15 is 0 Å². The third-order valence-electron chi connectivity index (χ3n) is 3.26. The van der Waals surface area contributed by atoms with E-state index in [-0.39, 0.29) is 5.97 Å². The van der Waals surface area contributed by atoms with Gasteiger partial charge in [0, 0.05) is 12.2 Å². The smallest absolute Gasteiger partial charge is 0.325 e. The number of carbonyl (C=O) groups is 1. The first-order valence-corrected chi connectivity index (χ1v) is 7.15. The molecular weight excluding hydrogens is 310 g/mol. The van der Waals surface area contributed by atoms with Crippen molar-refractivity contribution < 1.29 is 9.53 Å². The van der Waals surface area contributed by atoms with Crippen molar-refractivity contribution >= 4 is 21.9 Å². The molecule has 19 heavy (non-hydrogen) atoms. The molecule has 0 aliphatic heterocycles. The average molecular weight is 332 g/mol. The van der Waals surface area contributed by atoms with Crippen LogP contribution >= 0.6 is 15.9 Å². The average Bonchev–Trinajstić information content (AvgIpc) is 2.61. The van der Waals surface area contributed by atoms with Crippen LogP contribution in [0.15, 0.2) is 4.47 Å². The lowest BCUT2D eigenvalue weighted by Gasteiger charge is -2.21. The van der Waals surface area contributed by atoms with Crippen molar-refractivity contribution in [3.63, 3.8) is 0 Å². The number of halogens is 1. The topological polar surface area (TPSA) is 70.1 Å². The Morgan fingerprint density at radius 1 is 1.47 bits per heavy atom. The lowest BCUT2D eigenvalue weighted by molar-refractivity contribution is -0.146. The summed E-state index contributed by atoms with van der Waals surface area (Å²) >= 11 is 3.50. The number of hydrogen-bond donors (Lipinski definition) is 1. The van der Waals surface area contributed by atoms with E-state index in [2.05, 4.69) is 25.8 Å². The summed E-state index contributed by atoms with van der Waals surface area (Å²) in [5, 5.41) is 4.44. The van der Waals surface area contributed by atoms with Gasteiger partial charge in [0.1, 0.15) is 5.54 Å². The lowest BCUT2D eigenvalue weighted by atomic mass is 9.96. The Morgan fingerprint density at radius 3 is 2.58 bits per heavy atom. The summed E-state index contributed by atoms with van der Waals surface area (Å²) in [6.45, 7) is 6.54. The van der Waals surface area contributed by atoms with Crippen molar-refractivity contribution in [2.24, 2.45) is 5.73 Å². The van der Waals surface area contributed by atoms with Gasteiger partial charge in [0.15, 0.2) is 0 Å². The second-order valence-electron chi connectivity index (χ2n) is 5.07. The molecule has 0 saturated carbocycles. The van der Waals surface area contributed by atoms with E-state index in [1.54, 1.807) is 6.92 Å². The molecule has 1 aromatic rings. The summed E-state index contributed by atoms with van der Waals surface area (Å²) in [7, 11) is 1.36. The molecule has 0 aliphatic carbocycles. The standard InChI is InChI=1S/C13H22BrN3O2/c1-9-11(14)10(2)17(16-9)8-6-5-7-13(3,15)12(18)19-4/h5-8,15H2,1-4H3. The molecule has 0 radical (unpaired) electrons. The predicted octanol–water partition coefficient (Wildman–Crippen LogP) is 2.32. The molecular formula is C13H22BrN3O2. The van der Waals surface area contributed by atoms with Gasteiger partial charge in [-0.1, -0.05) is 0 Å². The van der Waals surface area contributed by atoms with Crippen LogP contribution in [0, 0.1) is 13.8 Å². The molecule has 108 valence electrons. The molecule has 6 heteroatoms. The molecule has 5 nitrogen and oxygen atoms in total. The normalized spacial score (nSPS) is 14.2. The Bertz CT molecular complexity index is 455. The van der Waals surface area contributed by atoms with Gasteiger partial charge in [-0.2, -0.15) is 5.10 Å². The molecule has 0 fully saturated rings. The van der Waals surface area contributed by atoms with Crippen LogP contribution in [0.4, 0.5) is 0 Å². The van der Waals surface area contributed by atoms with Crippen molar-refractivity contribution in [2.45, 2.75) is 52.1 Å². The number of aryl methyl sites for hydroxylation is 2. The molecule has 0 spiro atoms. The Kier molecular flexibility index (Phi) is 5.55. The third kappa shape index (κ3) is 4.04. The molecule has 2 N–H and O–H groups in total. The van der Waals surface area contributed by atoms with E-state index in [4.69, 9.17) is 5.73 Å². The van der Waals surface area contributed by atoms with Gasteiger partial charge >= 0.3 is 5.97 Å². The Hall–Kier alpha value is -0.880. The van der Waals surface area contributed by atoms with Crippen LogP contribution in [0.25, 0.3) is 0 Å². The van der Waals surface area contributed by atoms with Crippen LogP contribution in [0.2, 0.25) is 0 Å². The first-order chi connectivity index (χ1) is 8.79. The van der Waals surface area contributed by atoms with E-state index in [9.17, 15) is 4.79 Å². The van der Waals surface area contributed by atoms with Gasteiger partial charge < -0.3 is 10.5 Å². The number of methoxy groups -OCH3 is 1. The molecule has 1 atom stereocenters. The van der Waals surface area contributed by atoms with Crippen LogP contribution in [-0.2, 0) is 16.1 Å². The zero-order valence-electron chi connectivity index (χ0n) is 12.0. The van der Waals surface area contributed by atoms with E-state index < -0.39 is 5.54 Å². The summed E-state index contributed by atoms with van der Waals surface area (Å²) in [5.74, 6) is -0.360. The molecule has 0 amide bonds. The molecule has 0 saturated heterocycles. The maximum atomic E-state index is 11.4. The van der Waals surface area contributed by atoms with Gasteiger partial charge in [0.05, 0.1) is 17.3 Å². The zero-order chi connectivity index (χ0) is 14.6. The molecule has 0 aromatic carbocycles. The minimum Gasteiger partial charge on any atom is -0.468 e. The largest absolute Gasteiger partial charge is 0.468 e. The zero-order valence-corrected chi connectivity index (χ0v) is 13.6. The number of ether oxygens (including phenoxy) is 1. The first-order valence-electron chi connectivity index (χ1n) is 6.36. The highest BCUT2D eigenvalue weighted by atomic mass is 79.9. The van der Waals surface area contributed by atoms with Gasteiger partial charge in [0.2, 0.25) is 0 Å². The van der Waals surface area contributed by atoms with Gasteiger partial charge in [-0.15, -0.1) is 0 Å². The maximum absolute atomic E-state index is 11.4. The van der Waals surface area contributed by atoms with Crippen LogP contribution < -0.4 is 5.73 Å². The second kappa shape index (κ2) is 6.52. The Morgan fingerprint density at radius 2 is 2.11 bits per heavy atom. The van der Waals surface area contributed by atoms with Gasteiger partial charge in [-0.25, -0.2) is 0 Å². The van der Waals surface area contributed by atoms with Crippen molar-refractivity contribution in [2.75, 3.05) is 7.11 Å². The molecule has 1 heterocycles. The number of aromatic nitrogens is 2. The Labute approximate surface area is 122 Å². The number of esters is 1. The summed E-state index contributed by atoms with van der Waals surface area (Å²) in [6, 6.07) is 0. The summed E-state index contributed by atoms with van der Waals surface area (Å²) in [5.41, 5.74) is 7.13. The van der Waals surface area contributed by atoms with Crippen molar-refractivity contribution in [3.8, 4) is 0 Å².